The van der Waals surface area contributed by atoms with Crippen LogP contribution in [0.5, 0.6) is 0 Å². The van der Waals surface area contributed by atoms with E-state index in [2.05, 4.69) is 20.0 Å². The summed E-state index contributed by atoms with van der Waals surface area (Å²) < 4.78 is 1.79. The van der Waals surface area contributed by atoms with E-state index >= 15 is 0 Å². The van der Waals surface area contributed by atoms with Crippen LogP contribution in [0.15, 0.2) is 6.20 Å². The third-order valence-electron chi connectivity index (χ3n) is 3.52. The average molecular weight is 246 g/mol. The monoisotopic (exact) mass is 246 g/mol. The molecule has 0 bridgehead atoms. The Balaban J connectivity index is 2.05. The molecule has 2 N–H and O–H groups in total. The fourth-order valence-electron chi connectivity index (χ4n) is 2.47. The zero-order chi connectivity index (χ0) is 12.7. The molecule has 0 radical (unpaired) electrons. The lowest BCUT2D eigenvalue weighted by Gasteiger charge is -2.31. The summed E-state index contributed by atoms with van der Waals surface area (Å²) in [5.74, 6) is 1.79. The maximum atomic E-state index is 5.95. The number of fused-ring (bicyclic) bond motifs is 1. The molecule has 1 saturated heterocycles. The first-order valence-corrected chi connectivity index (χ1v) is 6.32. The van der Waals surface area contributed by atoms with E-state index in [1.54, 1.807) is 4.68 Å². The quantitative estimate of drug-likeness (QED) is 0.797. The SMILES string of the molecule is Cc1nc(N2CCC(N)CC2)c2cnn(C)c2n1. The molecule has 0 saturated carbocycles. The number of hydrogen-bond donors (Lipinski definition) is 1. The maximum Gasteiger partial charge on any atom is 0.163 e. The number of nitrogens with zero attached hydrogens (tertiary/aromatic N) is 5. The predicted octanol–water partition coefficient (Wildman–Crippen LogP) is 0.599. The molecule has 0 amide bonds. The Kier molecular flexibility index (Phi) is 2.66. The number of anilines is 1. The Labute approximate surface area is 106 Å². The zero-order valence-corrected chi connectivity index (χ0v) is 10.8. The predicted molar refractivity (Wildman–Crippen MR) is 70.5 cm³/mol. The van der Waals surface area contributed by atoms with Crippen molar-refractivity contribution in [1.82, 2.24) is 19.7 Å². The second-order valence-corrected chi connectivity index (χ2v) is 4.92. The molecule has 6 nitrogen and oxygen atoms in total. The van der Waals surface area contributed by atoms with E-state index in [0.29, 0.717) is 6.04 Å². The van der Waals surface area contributed by atoms with Gasteiger partial charge in [0.05, 0.1) is 11.6 Å². The average Bonchev–Trinajstić information content (AvgIpc) is 2.71. The highest BCUT2D eigenvalue weighted by Crippen LogP contribution is 2.25. The number of aryl methyl sites for hydroxylation is 2. The molecule has 1 aliphatic rings. The zero-order valence-electron chi connectivity index (χ0n) is 10.8. The van der Waals surface area contributed by atoms with Gasteiger partial charge in [-0.05, 0) is 19.8 Å². The standard InChI is InChI=1S/C12H18N6/c1-8-15-11-10(7-14-17(11)2)12(16-8)18-5-3-9(13)4-6-18/h7,9H,3-6,13H2,1-2H3. The van der Waals surface area contributed by atoms with Crippen LogP contribution in [0, 0.1) is 6.92 Å². The van der Waals surface area contributed by atoms with Gasteiger partial charge in [-0.2, -0.15) is 5.10 Å². The smallest absolute Gasteiger partial charge is 0.163 e. The summed E-state index contributed by atoms with van der Waals surface area (Å²) >= 11 is 0. The van der Waals surface area contributed by atoms with Crippen molar-refractivity contribution >= 4 is 16.9 Å². The van der Waals surface area contributed by atoms with E-state index in [0.717, 1.165) is 48.6 Å². The molecular weight excluding hydrogens is 228 g/mol. The molecule has 1 aliphatic heterocycles. The summed E-state index contributed by atoms with van der Waals surface area (Å²) in [5, 5.41) is 5.30. The van der Waals surface area contributed by atoms with Crippen molar-refractivity contribution in [2.75, 3.05) is 18.0 Å². The normalized spacial score (nSPS) is 17.6. The minimum atomic E-state index is 0.327. The van der Waals surface area contributed by atoms with E-state index in [1.165, 1.54) is 0 Å². The molecule has 3 rings (SSSR count). The van der Waals surface area contributed by atoms with Crippen molar-refractivity contribution < 1.29 is 0 Å². The molecule has 0 atom stereocenters. The maximum absolute atomic E-state index is 5.95. The first kappa shape index (κ1) is 11.4. The fraction of sp³-hybridized carbons (Fsp3) is 0.583. The molecule has 0 spiro atoms. The van der Waals surface area contributed by atoms with Crippen molar-refractivity contribution in [2.45, 2.75) is 25.8 Å². The summed E-state index contributed by atoms with van der Waals surface area (Å²) in [6.45, 7) is 3.84. The van der Waals surface area contributed by atoms with Crippen LogP contribution in [0.25, 0.3) is 11.0 Å². The summed E-state index contributed by atoms with van der Waals surface area (Å²) in [6, 6.07) is 0.327. The van der Waals surface area contributed by atoms with Crippen molar-refractivity contribution in [1.29, 1.82) is 0 Å². The number of rotatable bonds is 1. The van der Waals surface area contributed by atoms with Gasteiger partial charge in [-0.25, -0.2) is 9.97 Å². The second-order valence-electron chi connectivity index (χ2n) is 4.92. The van der Waals surface area contributed by atoms with Gasteiger partial charge in [0, 0.05) is 26.2 Å². The van der Waals surface area contributed by atoms with Crippen molar-refractivity contribution in [3.8, 4) is 0 Å². The molecule has 2 aromatic rings. The van der Waals surface area contributed by atoms with Gasteiger partial charge in [0.1, 0.15) is 11.6 Å². The van der Waals surface area contributed by atoms with Crippen LogP contribution >= 0.6 is 0 Å². The Morgan fingerprint density at radius 2 is 2.00 bits per heavy atom. The molecule has 6 heteroatoms. The van der Waals surface area contributed by atoms with Gasteiger partial charge in [0.15, 0.2) is 5.65 Å². The molecular formula is C12H18N6. The molecule has 3 heterocycles. The van der Waals surface area contributed by atoms with Crippen LogP contribution in [0.4, 0.5) is 5.82 Å². The molecule has 0 unspecified atom stereocenters. The molecule has 0 aliphatic carbocycles. The van der Waals surface area contributed by atoms with Gasteiger partial charge in [0.2, 0.25) is 0 Å². The van der Waals surface area contributed by atoms with E-state index in [4.69, 9.17) is 5.73 Å². The highest BCUT2D eigenvalue weighted by molar-refractivity contribution is 5.87. The molecule has 96 valence electrons. The third-order valence-corrected chi connectivity index (χ3v) is 3.52. The van der Waals surface area contributed by atoms with Crippen molar-refractivity contribution in [3.63, 3.8) is 0 Å². The lowest BCUT2D eigenvalue weighted by molar-refractivity contribution is 0.499. The van der Waals surface area contributed by atoms with Crippen LogP contribution in [0.1, 0.15) is 18.7 Å². The summed E-state index contributed by atoms with van der Waals surface area (Å²) in [7, 11) is 1.91. The van der Waals surface area contributed by atoms with Crippen molar-refractivity contribution in [3.05, 3.63) is 12.0 Å². The van der Waals surface area contributed by atoms with E-state index in [-0.39, 0.29) is 0 Å². The van der Waals surface area contributed by atoms with Crippen LogP contribution in [-0.2, 0) is 7.05 Å². The summed E-state index contributed by atoms with van der Waals surface area (Å²) in [5.41, 5.74) is 6.84. The van der Waals surface area contributed by atoms with E-state index in [9.17, 15) is 0 Å². The topological polar surface area (TPSA) is 72.9 Å². The molecule has 0 aromatic carbocycles. The van der Waals surface area contributed by atoms with Gasteiger partial charge in [-0.3, -0.25) is 4.68 Å². The molecule has 18 heavy (non-hydrogen) atoms. The minimum Gasteiger partial charge on any atom is -0.356 e. The van der Waals surface area contributed by atoms with Crippen LogP contribution in [-0.4, -0.2) is 38.9 Å². The van der Waals surface area contributed by atoms with Gasteiger partial charge in [0.25, 0.3) is 0 Å². The number of aromatic nitrogens is 4. The molecule has 1 fully saturated rings. The van der Waals surface area contributed by atoms with E-state index < -0.39 is 0 Å². The van der Waals surface area contributed by atoms with Crippen LogP contribution in [0.2, 0.25) is 0 Å². The Morgan fingerprint density at radius 1 is 1.28 bits per heavy atom. The summed E-state index contributed by atoms with van der Waals surface area (Å²) in [4.78, 5) is 11.3. The minimum absolute atomic E-state index is 0.327. The van der Waals surface area contributed by atoms with E-state index in [1.807, 2.05) is 20.2 Å². The second kappa shape index (κ2) is 4.20. The number of hydrogen-bond acceptors (Lipinski definition) is 5. The van der Waals surface area contributed by atoms with Gasteiger partial charge >= 0.3 is 0 Å². The van der Waals surface area contributed by atoms with Gasteiger partial charge in [-0.1, -0.05) is 0 Å². The number of nitrogens with two attached hydrogens (primary N) is 1. The van der Waals surface area contributed by atoms with Gasteiger partial charge < -0.3 is 10.6 Å². The van der Waals surface area contributed by atoms with Gasteiger partial charge in [-0.15, -0.1) is 0 Å². The summed E-state index contributed by atoms with van der Waals surface area (Å²) in [6.07, 6.45) is 3.88. The Morgan fingerprint density at radius 3 is 2.72 bits per heavy atom. The van der Waals surface area contributed by atoms with Crippen LogP contribution in [0.3, 0.4) is 0 Å². The van der Waals surface area contributed by atoms with Crippen LogP contribution < -0.4 is 10.6 Å². The lowest BCUT2D eigenvalue weighted by atomic mass is 10.1. The first-order valence-electron chi connectivity index (χ1n) is 6.32. The first-order chi connectivity index (χ1) is 8.65. The Hall–Kier alpha value is -1.69. The number of piperidine rings is 1. The molecule has 2 aromatic heterocycles. The van der Waals surface area contributed by atoms with Crippen molar-refractivity contribution in [2.24, 2.45) is 12.8 Å². The largest absolute Gasteiger partial charge is 0.356 e. The highest BCUT2D eigenvalue weighted by Gasteiger charge is 2.20. The Bertz CT molecular complexity index is 567. The highest BCUT2D eigenvalue weighted by atomic mass is 15.3. The lowest BCUT2D eigenvalue weighted by Crippen LogP contribution is -2.40. The fourth-order valence-corrected chi connectivity index (χ4v) is 2.47. The third kappa shape index (κ3) is 1.82.